The van der Waals surface area contributed by atoms with E-state index in [4.69, 9.17) is 53.4 Å². The fourth-order valence-electron chi connectivity index (χ4n) is 6.32. The van der Waals surface area contributed by atoms with Crippen molar-refractivity contribution < 1.29 is 38.0 Å². The minimum absolute atomic E-state index is 0.0494. The number of amides is 1. The van der Waals surface area contributed by atoms with Crippen molar-refractivity contribution in [2.45, 2.75) is 159 Å². The molecule has 9 nitrogen and oxygen atoms in total. The van der Waals surface area contributed by atoms with Crippen molar-refractivity contribution in [2.75, 3.05) is 6.61 Å². The number of ether oxygens (including phenoxy) is 3. The molecule has 0 bridgehead atoms. The molecule has 0 unspecified atom stereocenters. The van der Waals surface area contributed by atoms with Gasteiger partial charge in [0.05, 0.1) is 11.8 Å². The number of carbonyl (C=O) groups excluding carboxylic acids is 3. The number of aryl methyl sites for hydroxylation is 1. The zero-order valence-corrected chi connectivity index (χ0v) is 38.9. The molecule has 1 rings (SSSR count). The van der Waals surface area contributed by atoms with E-state index >= 15 is 0 Å². The van der Waals surface area contributed by atoms with Crippen molar-refractivity contribution in [1.29, 1.82) is 0 Å². The second-order valence-corrected chi connectivity index (χ2v) is 25.4. The summed E-state index contributed by atoms with van der Waals surface area (Å²) in [7, 11) is -2.00. The fourth-order valence-corrected chi connectivity index (χ4v) is 13.3. The van der Waals surface area contributed by atoms with Crippen LogP contribution < -0.4 is 10.3 Å². The quantitative estimate of drug-likeness (QED) is 0.0390. The van der Waals surface area contributed by atoms with Crippen molar-refractivity contribution in [3.8, 4) is 11.8 Å². The first kappa shape index (κ1) is 49.4. The maximum atomic E-state index is 12.8. The lowest BCUT2D eigenvalue weighted by Gasteiger charge is -2.44. The number of alkyl halides is 3. The molecule has 1 aromatic rings. The van der Waals surface area contributed by atoms with Crippen molar-refractivity contribution in [3.63, 3.8) is 0 Å². The molecule has 1 heterocycles. The lowest BCUT2D eigenvalue weighted by atomic mass is 10.1. The number of halogens is 4. The predicted octanol–water partition coefficient (Wildman–Crippen LogP) is 10.4. The van der Waals surface area contributed by atoms with E-state index in [2.05, 4.69) is 86.5 Å². The monoisotopic (exact) mass is 899 g/mol. The number of thiazole rings is 1. The van der Waals surface area contributed by atoms with Crippen molar-refractivity contribution in [1.82, 2.24) is 5.32 Å². The number of aromatic amines is 1. The number of esters is 2. The fraction of sp³-hybridized carbons (Fsp3) is 0.684. The molecular formula is C38H59BrCl3N2O7SSi+. The summed E-state index contributed by atoms with van der Waals surface area (Å²) in [6.45, 7) is 24.3. The Labute approximate surface area is 345 Å². The molecule has 0 spiro atoms. The Morgan fingerprint density at radius 1 is 1.04 bits per heavy atom. The van der Waals surface area contributed by atoms with Crippen LogP contribution in [0.3, 0.4) is 0 Å². The van der Waals surface area contributed by atoms with E-state index in [9.17, 15) is 14.4 Å². The number of hydrogen-bond acceptors (Lipinski definition) is 8. The van der Waals surface area contributed by atoms with Crippen LogP contribution in [0.25, 0.3) is 0 Å². The summed E-state index contributed by atoms with van der Waals surface area (Å²) in [6, 6.07) is -1.01. The number of hydrogen-bond donors (Lipinski definition) is 1. The summed E-state index contributed by atoms with van der Waals surface area (Å²) < 4.78 is 22.0. The molecule has 0 aliphatic carbocycles. The molecule has 15 heteroatoms. The number of allylic oxidation sites excluding steroid dienone is 2. The first-order valence-corrected chi connectivity index (χ1v) is 22.9. The lowest BCUT2D eigenvalue weighted by molar-refractivity contribution is -0.395. The third-order valence-electron chi connectivity index (χ3n) is 8.21. The van der Waals surface area contributed by atoms with Gasteiger partial charge < -0.3 is 24.0 Å². The van der Waals surface area contributed by atoms with Gasteiger partial charge in [0.2, 0.25) is 17.1 Å². The molecule has 300 valence electrons. The largest absolute Gasteiger partial charge is 0.460 e. The SMILES string of the molecule is C/C(Br)=C\[C@H](Cc1[nH+]c(CCC[C@H](NC(=O)OC(C)(C)C)C(=O)OCC(Cl)(Cl)Cl)cs1)OC(=O)C#C/C=C(\C)C[C@H](C)O[Si](C(C)C)(C(C)C)C(C)C. The third kappa shape index (κ3) is 19.7. The molecule has 1 amide bonds. The van der Waals surface area contributed by atoms with Crippen LogP contribution in [0, 0.1) is 11.8 Å². The Hall–Kier alpha value is -1.59. The van der Waals surface area contributed by atoms with Crippen molar-refractivity contribution >= 4 is 88.4 Å². The second kappa shape index (κ2) is 22.8. The van der Waals surface area contributed by atoms with E-state index in [0.717, 1.165) is 27.2 Å². The molecule has 0 aromatic carbocycles. The van der Waals surface area contributed by atoms with Gasteiger partial charge in [-0.2, -0.15) is 0 Å². The molecule has 0 aliphatic rings. The Balaban J connectivity index is 2.88. The number of carbonyl (C=O) groups is 3. The first-order valence-electron chi connectivity index (χ1n) is 18.0. The molecule has 0 saturated carbocycles. The van der Waals surface area contributed by atoms with Crippen LogP contribution in [0.4, 0.5) is 4.79 Å². The highest BCUT2D eigenvalue weighted by Crippen LogP contribution is 2.43. The Kier molecular flexibility index (Phi) is 21.3. The Morgan fingerprint density at radius 3 is 2.17 bits per heavy atom. The smallest absolute Gasteiger partial charge is 0.408 e. The van der Waals surface area contributed by atoms with Crippen LogP contribution in [-0.2, 0) is 41.1 Å². The highest BCUT2D eigenvalue weighted by atomic mass is 79.9. The van der Waals surface area contributed by atoms with E-state index < -0.39 is 54.5 Å². The van der Waals surface area contributed by atoms with Gasteiger partial charge in [-0.3, -0.25) is 0 Å². The van der Waals surface area contributed by atoms with Crippen LogP contribution in [0.15, 0.2) is 27.6 Å². The third-order valence-corrected chi connectivity index (χ3v) is 16.0. The number of aromatic nitrogens is 1. The Bertz CT molecular complexity index is 1450. The summed E-state index contributed by atoms with van der Waals surface area (Å²) in [5.41, 5.74) is 2.69. The number of H-pyrrole nitrogens is 1. The normalized spacial score (nSPS) is 14.8. The summed E-state index contributed by atoms with van der Waals surface area (Å²) in [4.78, 5) is 41.3. The molecule has 0 fully saturated rings. The number of nitrogens with one attached hydrogen (secondary N) is 2. The highest BCUT2D eigenvalue weighted by molar-refractivity contribution is 9.11. The molecule has 0 radical (unpaired) electrons. The van der Waals surface area contributed by atoms with Gasteiger partial charge in [-0.05, 0) is 94.1 Å². The van der Waals surface area contributed by atoms with Gasteiger partial charge >= 0.3 is 18.0 Å². The predicted molar refractivity (Wildman–Crippen MR) is 222 cm³/mol. The van der Waals surface area contributed by atoms with Crippen LogP contribution in [0.5, 0.6) is 0 Å². The molecule has 1 aromatic heterocycles. The highest BCUT2D eigenvalue weighted by Gasteiger charge is 2.46. The summed E-state index contributed by atoms with van der Waals surface area (Å²) in [5.74, 6) is 4.11. The van der Waals surface area contributed by atoms with Crippen LogP contribution >= 0.6 is 62.1 Å². The Morgan fingerprint density at radius 2 is 1.64 bits per heavy atom. The summed E-state index contributed by atoms with van der Waals surface area (Å²) in [6.07, 6.45) is 4.77. The minimum atomic E-state index is -2.00. The molecule has 53 heavy (non-hydrogen) atoms. The second-order valence-electron chi connectivity index (χ2n) is 15.2. The van der Waals surface area contributed by atoms with E-state index in [0.29, 0.717) is 35.9 Å². The minimum Gasteiger partial charge on any atom is -0.460 e. The van der Waals surface area contributed by atoms with Gasteiger partial charge in [0, 0.05) is 18.4 Å². The van der Waals surface area contributed by atoms with Gasteiger partial charge in [0.1, 0.15) is 24.4 Å². The van der Waals surface area contributed by atoms with E-state index in [-0.39, 0.29) is 12.5 Å². The van der Waals surface area contributed by atoms with Gasteiger partial charge in [0.15, 0.2) is 5.69 Å². The average molecular weight is 902 g/mol. The maximum Gasteiger partial charge on any atom is 0.408 e. The van der Waals surface area contributed by atoms with Gasteiger partial charge in [-0.25, -0.2) is 19.4 Å². The van der Waals surface area contributed by atoms with Crippen molar-refractivity contribution in [3.05, 3.63) is 38.3 Å². The number of alkyl carbamates (subject to hydrolysis) is 1. The van der Waals surface area contributed by atoms with E-state index in [1.165, 1.54) is 11.3 Å². The standard InChI is InChI=1S/C38H58BrCl3N2O7SSi/c1-24(2)53(25(3)4,26(5)6)51-29(9)19-27(7)15-13-18-34(45)49-31(20-28(8)39)21-33-43-30(22-52-33)16-14-17-32(35(46)48-23-38(40,41)42)44-36(47)50-37(10,11)12/h15,20,22,24-26,29,31-32H,14,16-17,19,21,23H2,1-12H3,(H,44,47)/p+1/b27-15+,28-20+/t29-,31+,32-/m0/s1. The molecule has 0 aliphatic heterocycles. The number of rotatable bonds is 18. The molecule has 3 atom stereocenters. The maximum absolute atomic E-state index is 12.8. The van der Waals surface area contributed by atoms with Gasteiger partial charge in [-0.1, -0.05) is 115 Å². The van der Waals surface area contributed by atoms with Crippen LogP contribution in [0.1, 0.15) is 113 Å². The lowest BCUT2D eigenvalue weighted by Crippen LogP contribution is -2.49. The molecular weight excluding hydrogens is 843 g/mol. The van der Waals surface area contributed by atoms with E-state index in [1.807, 2.05) is 25.3 Å². The van der Waals surface area contributed by atoms with Crippen LogP contribution in [-0.4, -0.2) is 60.6 Å². The summed E-state index contributed by atoms with van der Waals surface area (Å²) >= 11 is 22.1. The zero-order valence-electron chi connectivity index (χ0n) is 33.2. The average Bonchev–Trinajstić information content (AvgIpc) is 3.42. The molecule has 2 N–H and O–H groups in total. The topological polar surface area (TPSA) is 114 Å². The van der Waals surface area contributed by atoms with Crippen molar-refractivity contribution in [2.24, 2.45) is 0 Å². The summed E-state index contributed by atoms with van der Waals surface area (Å²) in [5, 5.41) is 5.41. The van der Waals surface area contributed by atoms with Crippen LogP contribution in [0.2, 0.25) is 16.6 Å². The van der Waals surface area contributed by atoms with Gasteiger partial charge in [-0.15, -0.1) is 0 Å². The first-order chi connectivity index (χ1) is 24.3. The molecule has 0 saturated heterocycles. The zero-order chi connectivity index (χ0) is 40.7. The van der Waals surface area contributed by atoms with E-state index in [1.54, 1.807) is 26.8 Å². The van der Waals surface area contributed by atoms with Gasteiger partial charge in [0.25, 0.3) is 0 Å².